The Bertz CT molecular complexity index is 470. The van der Waals surface area contributed by atoms with E-state index in [1.807, 2.05) is 11.9 Å². The zero-order chi connectivity index (χ0) is 13.8. The summed E-state index contributed by atoms with van der Waals surface area (Å²) in [6.07, 6.45) is 2.15. The van der Waals surface area contributed by atoms with E-state index in [4.69, 9.17) is 0 Å². The molecule has 1 fully saturated rings. The molecule has 0 radical (unpaired) electrons. The summed E-state index contributed by atoms with van der Waals surface area (Å²) < 4.78 is 13.9. The van der Waals surface area contributed by atoms with E-state index in [0.29, 0.717) is 16.0 Å². The Morgan fingerprint density at radius 2 is 2.30 bits per heavy atom. The number of carbonyl (C=O) groups is 1. The van der Waals surface area contributed by atoms with Crippen molar-refractivity contribution in [2.75, 3.05) is 26.7 Å². The number of nitrogens with zero attached hydrogens (tertiary/aromatic N) is 1. The highest BCUT2D eigenvalue weighted by Crippen LogP contribution is 2.21. The minimum atomic E-state index is -0.394. The number of hydrogen-bond donors (Lipinski definition) is 1. The molecule has 1 unspecified atom stereocenters. The van der Waals surface area contributed by atoms with Crippen LogP contribution in [0.5, 0.6) is 0 Å². The summed E-state index contributed by atoms with van der Waals surface area (Å²) in [5.41, 5.74) is 0.422. The van der Waals surface area contributed by atoms with Crippen LogP contribution in [0.1, 0.15) is 23.2 Å². The van der Waals surface area contributed by atoms with Crippen molar-refractivity contribution in [3.05, 3.63) is 34.1 Å². The van der Waals surface area contributed by atoms with Gasteiger partial charge in [0.15, 0.2) is 0 Å². The van der Waals surface area contributed by atoms with E-state index < -0.39 is 5.82 Å². The SMILES string of the molecule is CNCC1CCCN(C(=O)c2ccc(Br)c(F)c2)C1.Cl. The van der Waals surface area contributed by atoms with E-state index in [0.717, 1.165) is 32.5 Å². The molecule has 0 aliphatic carbocycles. The number of halogens is 3. The van der Waals surface area contributed by atoms with Gasteiger partial charge in [0, 0.05) is 18.7 Å². The van der Waals surface area contributed by atoms with Crippen molar-refractivity contribution in [3.63, 3.8) is 0 Å². The summed E-state index contributed by atoms with van der Waals surface area (Å²) in [5.74, 6) is 0.0184. The van der Waals surface area contributed by atoms with Gasteiger partial charge >= 0.3 is 0 Å². The maximum absolute atomic E-state index is 13.5. The van der Waals surface area contributed by atoms with Crippen LogP contribution < -0.4 is 5.32 Å². The first-order valence-electron chi connectivity index (χ1n) is 6.50. The minimum Gasteiger partial charge on any atom is -0.338 e. The Morgan fingerprint density at radius 3 is 2.95 bits per heavy atom. The number of nitrogens with one attached hydrogen (secondary N) is 1. The normalized spacial score (nSPS) is 18.6. The van der Waals surface area contributed by atoms with Crippen LogP contribution in [0.2, 0.25) is 0 Å². The number of piperidine rings is 1. The minimum absolute atomic E-state index is 0. The number of hydrogen-bond acceptors (Lipinski definition) is 2. The average Bonchev–Trinajstić information content (AvgIpc) is 2.42. The summed E-state index contributed by atoms with van der Waals surface area (Å²) in [5, 5.41) is 3.15. The molecule has 2 rings (SSSR count). The van der Waals surface area contributed by atoms with Crippen LogP contribution in [-0.2, 0) is 0 Å². The van der Waals surface area contributed by atoms with Crippen molar-refractivity contribution in [2.45, 2.75) is 12.8 Å². The highest BCUT2D eigenvalue weighted by atomic mass is 79.9. The maximum atomic E-state index is 13.5. The third kappa shape index (κ3) is 4.17. The van der Waals surface area contributed by atoms with Crippen LogP contribution in [0.15, 0.2) is 22.7 Å². The maximum Gasteiger partial charge on any atom is 0.253 e. The fourth-order valence-electron chi connectivity index (χ4n) is 2.52. The van der Waals surface area contributed by atoms with Gasteiger partial charge in [-0.25, -0.2) is 4.39 Å². The molecule has 1 aliphatic rings. The van der Waals surface area contributed by atoms with E-state index in [1.54, 1.807) is 12.1 Å². The van der Waals surface area contributed by atoms with Gasteiger partial charge in [-0.15, -0.1) is 12.4 Å². The smallest absolute Gasteiger partial charge is 0.253 e. The van der Waals surface area contributed by atoms with Crippen LogP contribution in [-0.4, -0.2) is 37.5 Å². The summed E-state index contributed by atoms with van der Waals surface area (Å²) in [7, 11) is 1.92. The van der Waals surface area contributed by atoms with Gasteiger partial charge in [0.2, 0.25) is 0 Å². The third-order valence-electron chi connectivity index (χ3n) is 3.47. The van der Waals surface area contributed by atoms with E-state index in [2.05, 4.69) is 21.2 Å². The van der Waals surface area contributed by atoms with Gasteiger partial charge < -0.3 is 10.2 Å². The Hall–Kier alpha value is -0.650. The molecular weight excluding hydrogens is 347 g/mol. The summed E-state index contributed by atoms with van der Waals surface area (Å²) in [6.45, 7) is 2.42. The van der Waals surface area contributed by atoms with Gasteiger partial charge in [-0.1, -0.05) is 0 Å². The lowest BCUT2D eigenvalue weighted by atomic mass is 9.97. The molecule has 1 aromatic carbocycles. The zero-order valence-electron chi connectivity index (χ0n) is 11.4. The van der Waals surface area contributed by atoms with Gasteiger partial charge in [0.1, 0.15) is 5.82 Å². The molecule has 1 saturated heterocycles. The van der Waals surface area contributed by atoms with Crippen LogP contribution >= 0.6 is 28.3 Å². The molecule has 0 spiro atoms. The third-order valence-corrected chi connectivity index (χ3v) is 4.11. The first kappa shape index (κ1) is 17.4. The molecule has 3 nitrogen and oxygen atoms in total. The summed E-state index contributed by atoms with van der Waals surface area (Å²) >= 11 is 3.10. The molecule has 1 aromatic rings. The van der Waals surface area contributed by atoms with Crippen molar-refractivity contribution in [1.29, 1.82) is 0 Å². The predicted molar refractivity (Wildman–Crippen MR) is 83.9 cm³/mol. The number of rotatable bonds is 3. The molecular formula is C14H19BrClFN2O. The molecule has 1 N–H and O–H groups in total. The van der Waals surface area contributed by atoms with E-state index in [9.17, 15) is 9.18 Å². The van der Waals surface area contributed by atoms with E-state index in [1.165, 1.54) is 6.07 Å². The van der Waals surface area contributed by atoms with Crippen molar-refractivity contribution in [1.82, 2.24) is 10.2 Å². The van der Waals surface area contributed by atoms with Gasteiger partial charge in [0.05, 0.1) is 4.47 Å². The molecule has 20 heavy (non-hydrogen) atoms. The molecule has 1 atom stereocenters. The van der Waals surface area contributed by atoms with Crippen LogP contribution in [0.25, 0.3) is 0 Å². The fourth-order valence-corrected chi connectivity index (χ4v) is 2.76. The molecule has 6 heteroatoms. The zero-order valence-corrected chi connectivity index (χ0v) is 13.8. The molecule has 112 valence electrons. The molecule has 0 bridgehead atoms. The molecule has 0 saturated carbocycles. The largest absolute Gasteiger partial charge is 0.338 e. The lowest BCUT2D eigenvalue weighted by Crippen LogP contribution is -2.42. The summed E-state index contributed by atoms with van der Waals surface area (Å²) in [6, 6.07) is 4.54. The Labute approximate surface area is 133 Å². The van der Waals surface area contributed by atoms with Gasteiger partial charge in [0.25, 0.3) is 5.91 Å². The first-order chi connectivity index (χ1) is 9.11. The lowest BCUT2D eigenvalue weighted by molar-refractivity contribution is 0.0673. The molecule has 1 aliphatic heterocycles. The standard InChI is InChI=1S/C14H18BrFN2O.ClH/c1-17-8-10-3-2-6-18(9-10)14(19)11-4-5-12(15)13(16)7-11;/h4-5,7,10,17H,2-3,6,8-9H2,1H3;1H. The van der Waals surface area contributed by atoms with Gasteiger partial charge in [-0.3, -0.25) is 4.79 Å². The summed E-state index contributed by atoms with van der Waals surface area (Å²) in [4.78, 5) is 14.2. The lowest BCUT2D eigenvalue weighted by Gasteiger charge is -2.32. The van der Waals surface area contributed by atoms with Crippen molar-refractivity contribution in [3.8, 4) is 0 Å². The molecule has 1 amide bonds. The van der Waals surface area contributed by atoms with E-state index >= 15 is 0 Å². The van der Waals surface area contributed by atoms with Crippen molar-refractivity contribution < 1.29 is 9.18 Å². The van der Waals surface area contributed by atoms with Gasteiger partial charge in [-0.05, 0) is 66.5 Å². The highest BCUT2D eigenvalue weighted by molar-refractivity contribution is 9.10. The Morgan fingerprint density at radius 1 is 1.55 bits per heavy atom. The van der Waals surface area contributed by atoms with Crippen LogP contribution in [0.4, 0.5) is 4.39 Å². The van der Waals surface area contributed by atoms with Gasteiger partial charge in [-0.2, -0.15) is 0 Å². The topological polar surface area (TPSA) is 32.3 Å². The van der Waals surface area contributed by atoms with Crippen molar-refractivity contribution in [2.24, 2.45) is 5.92 Å². The molecule has 1 heterocycles. The van der Waals surface area contributed by atoms with Crippen molar-refractivity contribution >= 4 is 34.2 Å². The number of amides is 1. The predicted octanol–water partition coefficient (Wildman–Crippen LogP) is 3.08. The van der Waals surface area contributed by atoms with Crippen LogP contribution in [0.3, 0.4) is 0 Å². The number of likely N-dealkylation sites (tertiary alicyclic amines) is 1. The highest BCUT2D eigenvalue weighted by Gasteiger charge is 2.24. The number of carbonyl (C=O) groups excluding carboxylic acids is 1. The quantitative estimate of drug-likeness (QED) is 0.893. The second-order valence-corrected chi connectivity index (χ2v) is 5.80. The van der Waals surface area contributed by atoms with Crippen LogP contribution in [0, 0.1) is 11.7 Å². The molecule has 0 aromatic heterocycles. The Kier molecular flexibility index (Phi) is 6.92. The number of benzene rings is 1. The second-order valence-electron chi connectivity index (χ2n) is 4.95. The van der Waals surface area contributed by atoms with E-state index in [-0.39, 0.29) is 18.3 Å². The Balaban J connectivity index is 0.00000200. The first-order valence-corrected chi connectivity index (χ1v) is 7.30. The monoisotopic (exact) mass is 364 g/mol. The second kappa shape index (κ2) is 7.96. The fraction of sp³-hybridized carbons (Fsp3) is 0.500. The average molecular weight is 366 g/mol.